The minimum absolute atomic E-state index is 0.0893. The molecule has 0 N–H and O–H groups in total. The number of allylic oxidation sites excluding steroid dienone is 20. The van der Waals surface area contributed by atoms with Crippen molar-refractivity contribution in [2.75, 3.05) is 13.2 Å². The van der Waals surface area contributed by atoms with E-state index in [1.54, 1.807) is 0 Å². The Morgan fingerprint density at radius 2 is 0.494 bits per heavy atom. The first-order valence-corrected chi connectivity index (χ1v) is 33.0. The maximum atomic E-state index is 12.9. The molecule has 0 saturated heterocycles. The van der Waals surface area contributed by atoms with Crippen molar-refractivity contribution >= 4 is 17.9 Å². The van der Waals surface area contributed by atoms with Gasteiger partial charge in [-0.25, -0.2) is 0 Å². The highest BCUT2D eigenvalue weighted by atomic mass is 16.6. The lowest BCUT2D eigenvalue weighted by Crippen LogP contribution is -2.30. The fourth-order valence-electron chi connectivity index (χ4n) is 9.05. The minimum Gasteiger partial charge on any atom is -0.462 e. The van der Waals surface area contributed by atoms with Gasteiger partial charge in [-0.1, -0.05) is 284 Å². The molecular weight excluding hydrogens is 973 g/mol. The Morgan fingerprint density at radius 1 is 0.266 bits per heavy atom. The fourth-order valence-corrected chi connectivity index (χ4v) is 9.05. The molecule has 0 spiro atoms. The molecule has 0 aliphatic carbocycles. The monoisotopic (exact) mass is 1090 g/mol. The van der Waals surface area contributed by atoms with Crippen LogP contribution in [0.4, 0.5) is 0 Å². The van der Waals surface area contributed by atoms with E-state index in [0.717, 1.165) is 161 Å². The van der Waals surface area contributed by atoms with Gasteiger partial charge in [-0.2, -0.15) is 0 Å². The number of unbranched alkanes of at least 4 members (excludes halogenated alkanes) is 28. The van der Waals surface area contributed by atoms with Gasteiger partial charge in [0.1, 0.15) is 13.2 Å². The molecule has 0 heterocycles. The molecule has 450 valence electrons. The molecule has 0 aliphatic rings. The second-order valence-corrected chi connectivity index (χ2v) is 21.6. The van der Waals surface area contributed by atoms with Crippen LogP contribution in [-0.2, 0) is 28.6 Å². The highest BCUT2D eigenvalue weighted by molar-refractivity contribution is 5.71. The van der Waals surface area contributed by atoms with Crippen molar-refractivity contribution in [3.63, 3.8) is 0 Å². The highest BCUT2D eigenvalue weighted by Crippen LogP contribution is 2.16. The van der Waals surface area contributed by atoms with Gasteiger partial charge in [0.25, 0.3) is 0 Å². The zero-order chi connectivity index (χ0) is 57.1. The highest BCUT2D eigenvalue weighted by Gasteiger charge is 2.19. The topological polar surface area (TPSA) is 78.9 Å². The molecule has 1 atom stereocenters. The SMILES string of the molecule is CC/C=C\C/C=C\C/C=C\C/C=C\C/C=C\CCCCCCCCCCCCCCCCCCCC(=O)OCC(COC(=O)CCCCCCC/C=C\C/C=C\CCC)OC(=O)CCCCCCC/C=C\C/C=C\C/C=C\CC. The summed E-state index contributed by atoms with van der Waals surface area (Å²) in [5.74, 6) is -0.915. The van der Waals surface area contributed by atoms with Crippen molar-refractivity contribution in [2.45, 2.75) is 309 Å². The van der Waals surface area contributed by atoms with Crippen LogP contribution in [0.2, 0.25) is 0 Å². The molecular formula is C73H122O6. The second-order valence-electron chi connectivity index (χ2n) is 21.6. The van der Waals surface area contributed by atoms with Crippen LogP contribution in [0.15, 0.2) is 122 Å². The van der Waals surface area contributed by atoms with Gasteiger partial charge >= 0.3 is 17.9 Å². The van der Waals surface area contributed by atoms with Gasteiger partial charge in [0.05, 0.1) is 0 Å². The smallest absolute Gasteiger partial charge is 0.306 e. The van der Waals surface area contributed by atoms with Crippen LogP contribution in [0.25, 0.3) is 0 Å². The third-order valence-electron chi connectivity index (χ3n) is 13.9. The van der Waals surface area contributed by atoms with E-state index in [9.17, 15) is 14.4 Å². The summed E-state index contributed by atoms with van der Waals surface area (Å²) in [5, 5.41) is 0. The van der Waals surface area contributed by atoms with Gasteiger partial charge in [-0.05, 0) is 122 Å². The zero-order valence-corrected chi connectivity index (χ0v) is 51.6. The van der Waals surface area contributed by atoms with E-state index >= 15 is 0 Å². The van der Waals surface area contributed by atoms with Gasteiger partial charge < -0.3 is 14.2 Å². The van der Waals surface area contributed by atoms with Crippen LogP contribution in [0.3, 0.4) is 0 Å². The van der Waals surface area contributed by atoms with E-state index in [4.69, 9.17) is 14.2 Å². The van der Waals surface area contributed by atoms with Gasteiger partial charge in [0.15, 0.2) is 6.10 Å². The van der Waals surface area contributed by atoms with Gasteiger partial charge in [0.2, 0.25) is 0 Å². The molecule has 0 aromatic rings. The number of rotatable bonds is 59. The predicted octanol–water partition coefficient (Wildman–Crippen LogP) is 22.8. The molecule has 0 saturated carbocycles. The van der Waals surface area contributed by atoms with Crippen LogP contribution in [0.1, 0.15) is 303 Å². The number of carbonyl (C=O) groups is 3. The summed E-state index contributed by atoms with van der Waals surface area (Å²) in [7, 11) is 0. The molecule has 0 fully saturated rings. The maximum absolute atomic E-state index is 12.9. The summed E-state index contributed by atoms with van der Waals surface area (Å²) in [6.45, 7) is 6.34. The molecule has 79 heavy (non-hydrogen) atoms. The first kappa shape index (κ1) is 74.8. The molecule has 6 nitrogen and oxygen atoms in total. The van der Waals surface area contributed by atoms with E-state index in [1.807, 2.05) is 0 Å². The summed E-state index contributed by atoms with van der Waals surface area (Å²) in [4.78, 5) is 38.3. The van der Waals surface area contributed by atoms with E-state index in [1.165, 1.54) is 103 Å². The molecule has 0 amide bonds. The largest absolute Gasteiger partial charge is 0.462 e. The summed E-state index contributed by atoms with van der Waals surface area (Å²) < 4.78 is 16.9. The van der Waals surface area contributed by atoms with Crippen molar-refractivity contribution in [2.24, 2.45) is 0 Å². The Balaban J connectivity index is 4.18. The predicted molar refractivity (Wildman–Crippen MR) is 343 cm³/mol. The number of carbonyl (C=O) groups excluding carboxylic acids is 3. The molecule has 6 heteroatoms. The van der Waals surface area contributed by atoms with Crippen LogP contribution >= 0.6 is 0 Å². The third kappa shape index (κ3) is 64.5. The van der Waals surface area contributed by atoms with Crippen molar-refractivity contribution in [3.8, 4) is 0 Å². The van der Waals surface area contributed by atoms with Crippen LogP contribution < -0.4 is 0 Å². The van der Waals surface area contributed by atoms with Crippen molar-refractivity contribution < 1.29 is 28.6 Å². The Labute approximate surface area is 488 Å². The molecule has 0 rings (SSSR count). The zero-order valence-electron chi connectivity index (χ0n) is 51.6. The Hall–Kier alpha value is -4.19. The Bertz CT molecular complexity index is 1640. The lowest BCUT2D eigenvalue weighted by Gasteiger charge is -2.18. The van der Waals surface area contributed by atoms with Gasteiger partial charge in [-0.3, -0.25) is 14.4 Å². The number of ether oxygens (including phenoxy) is 3. The van der Waals surface area contributed by atoms with Crippen LogP contribution in [0, 0.1) is 0 Å². The minimum atomic E-state index is -0.794. The van der Waals surface area contributed by atoms with E-state index in [-0.39, 0.29) is 31.1 Å². The first-order valence-electron chi connectivity index (χ1n) is 33.0. The molecule has 0 bridgehead atoms. The average molecular weight is 1100 g/mol. The molecule has 0 aromatic heterocycles. The normalized spacial score (nSPS) is 12.9. The lowest BCUT2D eigenvalue weighted by molar-refractivity contribution is -0.167. The van der Waals surface area contributed by atoms with E-state index in [2.05, 4.69) is 142 Å². The van der Waals surface area contributed by atoms with Crippen LogP contribution in [-0.4, -0.2) is 37.2 Å². The number of hydrogen-bond acceptors (Lipinski definition) is 6. The summed E-state index contributed by atoms with van der Waals surface area (Å²) in [6, 6.07) is 0. The molecule has 0 aromatic carbocycles. The number of hydrogen-bond donors (Lipinski definition) is 0. The maximum Gasteiger partial charge on any atom is 0.306 e. The second kappa shape index (κ2) is 66.3. The first-order chi connectivity index (χ1) is 39.0. The summed E-state index contributed by atoms with van der Waals surface area (Å²) in [5.41, 5.74) is 0. The number of esters is 3. The molecule has 0 radical (unpaired) electrons. The van der Waals surface area contributed by atoms with Gasteiger partial charge in [-0.15, -0.1) is 0 Å². The van der Waals surface area contributed by atoms with Gasteiger partial charge in [0, 0.05) is 19.3 Å². The Kier molecular flexibility index (Phi) is 62.8. The lowest BCUT2D eigenvalue weighted by atomic mass is 10.0. The van der Waals surface area contributed by atoms with Crippen molar-refractivity contribution in [1.29, 1.82) is 0 Å². The van der Waals surface area contributed by atoms with Crippen LogP contribution in [0.5, 0.6) is 0 Å². The average Bonchev–Trinajstić information content (AvgIpc) is 3.45. The summed E-state index contributed by atoms with van der Waals surface area (Å²) in [6.07, 6.45) is 92.3. The van der Waals surface area contributed by atoms with Crippen molar-refractivity contribution in [1.82, 2.24) is 0 Å². The summed E-state index contributed by atoms with van der Waals surface area (Å²) >= 11 is 0. The molecule has 0 aliphatic heterocycles. The molecule has 1 unspecified atom stereocenters. The fraction of sp³-hybridized carbons (Fsp3) is 0.685. The van der Waals surface area contributed by atoms with Crippen molar-refractivity contribution in [3.05, 3.63) is 122 Å². The quantitative estimate of drug-likeness (QED) is 0.0261. The third-order valence-corrected chi connectivity index (χ3v) is 13.9. The van der Waals surface area contributed by atoms with E-state index < -0.39 is 6.10 Å². The van der Waals surface area contributed by atoms with E-state index in [0.29, 0.717) is 19.3 Å². The standard InChI is InChI=1S/C73H122O6/c1-4-7-10-13-16-19-22-25-27-28-29-30-31-32-33-34-35-36-37-38-39-40-41-42-43-44-46-48-51-54-57-60-63-66-72(75)78-69-70(68-77-71(74)65-62-59-56-53-50-47-24-21-18-15-12-9-6-3)79-73(76)67-64-61-58-55-52-49-45-26-23-20-17-14-11-8-5-2/h7-8,10-12,15-17,19-21,24-27,29-30,32-33,45,70H,4-6,9,13-14,18,22-23,28,31,34-44,46-69H2,1-3H3/b10-7-,11-8-,15-12-,19-16-,20-17-,24-21-,27-25-,30-29-,33-32-,45-26-. The Morgan fingerprint density at radius 3 is 0.772 bits per heavy atom.